The van der Waals surface area contributed by atoms with Crippen LogP contribution in [0.2, 0.25) is 0 Å². The van der Waals surface area contributed by atoms with Crippen LogP contribution in [0.25, 0.3) is 11.3 Å². The number of benzene rings is 1. The highest BCUT2D eigenvalue weighted by atomic mass is 32.1. The van der Waals surface area contributed by atoms with Crippen LogP contribution in [0.4, 0.5) is 5.69 Å². The van der Waals surface area contributed by atoms with Crippen molar-refractivity contribution in [1.29, 1.82) is 0 Å². The van der Waals surface area contributed by atoms with Crippen LogP contribution in [0.15, 0.2) is 42.7 Å². The van der Waals surface area contributed by atoms with Crippen LogP contribution in [0, 0.1) is 0 Å². The van der Waals surface area contributed by atoms with Crippen molar-refractivity contribution < 1.29 is 14.3 Å². The van der Waals surface area contributed by atoms with Gasteiger partial charge in [-0.15, -0.1) is 0 Å². The molecule has 1 amide bonds. The van der Waals surface area contributed by atoms with Crippen LogP contribution < -0.4 is 15.2 Å². The number of nitrogens with zero attached hydrogens (tertiary/aromatic N) is 4. The van der Waals surface area contributed by atoms with E-state index in [1.54, 1.807) is 12.4 Å². The molecule has 4 heterocycles. The van der Waals surface area contributed by atoms with Gasteiger partial charge in [-0.25, -0.2) is 0 Å². The minimum absolute atomic E-state index is 0.0481. The van der Waals surface area contributed by atoms with E-state index < -0.39 is 0 Å². The van der Waals surface area contributed by atoms with Crippen LogP contribution in [-0.4, -0.2) is 58.0 Å². The normalized spacial score (nSPS) is 16.1. The lowest BCUT2D eigenvalue weighted by atomic mass is 10.1. The minimum Gasteiger partial charge on any atom is -0.454 e. The Balaban J connectivity index is 1.22. The first kappa shape index (κ1) is 18.8. The Morgan fingerprint density at radius 3 is 2.63 bits per heavy atom. The average Bonchev–Trinajstić information content (AvgIpc) is 3.40. The average molecular weight is 423 g/mol. The topological polar surface area (TPSA) is 93.8 Å². The van der Waals surface area contributed by atoms with Gasteiger partial charge in [0, 0.05) is 50.7 Å². The van der Waals surface area contributed by atoms with Gasteiger partial charge in [0.1, 0.15) is 10.6 Å². The molecule has 9 heteroatoms. The summed E-state index contributed by atoms with van der Waals surface area (Å²) in [7, 11) is 0. The molecule has 2 aromatic heterocycles. The number of hydrogen-bond acceptors (Lipinski definition) is 8. The highest BCUT2D eigenvalue weighted by Crippen LogP contribution is 2.33. The molecule has 8 nitrogen and oxygen atoms in total. The largest absolute Gasteiger partial charge is 0.454 e. The van der Waals surface area contributed by atoms with E-state index in [1.807, 2.05) is 29.2 Å². The Bertz CT molecular complexity index is 1060. The van der Waals surface area contributed by atoms with Crippen molar-refractivity contribution in [3.63, 3.8) is 0 Å². The number of hydrogen-bond donors (Lipinski definition) is 1. The summed E-state index contributed by atoms with van der Waals surface area (Å²) in [6.07, 6.45) is 3.38. The van der Waals surface area contributed by atoms with Crippen molar-refractivity contribution in [2.45, 2.75) is 6.54 Å². The number of amides is 1. The van der Waals surface area contributed by atoms with E-state index in [9.17, 15) is 4.79 Å². The summed E-state index contributed by atoms with van der Waals surface area (Å²) in [5, 5.41) is 0. The molecule has 5 rings (SSSR count). The van der Waals surface area contributed by atoms with E-state index in [4.69, 9.17) is 15.2 Å². The lowest BCUT2D eigenvalue weighted by Crippen LogP contribution is -2.48. The second kappa shape index (κ2) is 7.92. The van der Waals surface area contributed by atoms with Crippen molar-refractivity contribution in [2.75, 3.05) is 38.7 Å². The molecule has 2 N–H and O–H groups in total. The summed E-state index contributed by atoms with van der Waals surface area (Å²) >= 11 is 1.16. The first-order valence-corrected chi connectivity index (χ1v) is 10.5. The molecule has 1 aromatic carbocycles. The Kier molecular flexibility index (Phi) is 4.97. The number of carbonyl (C=O) groups is 1. The third-order valence-electron chi connectivity index (χ3n) is 5.38. The summed E-state index contributed by atoms with van der Waals surface area (Å²) in [5.41, 5.74) is 9.39. The fourth-order valence-electron chi connectivity index (χ4n) is 3.72. The van der Waals surface area contributed by atoms with Crippen LogP contribution in [0.5, 0.6) is 11.5 Å². The van der Waals surface area contributed by atoms with Gasteiger partial charge < -0.3 is 20.1 Å². The van der Waals surface area contributed by atoms with Gasteiger partial charge >= 0.3 is 0 Å². The van der Waals surface area contributed by atoms with Crippen molar-refractivity contribution in [2.24, 2.45) is 0 Å². The van der Waals surface area contributed by atoms with Gasteiger partial charge in [-0.3, -0.25) is 14.7 Å². The molecule has 0 saturated carbocycles. The van der Waals surface area contributed by atoms with Gasteiger partial charge in [-0.1, -0.05) is 6.07 Å². The van der Waals surface area contributed by atoms with E-state index in [2.05, 4.69) is 20.3 Å². The number of pyridine rings is 1. The van der Waals surface area contributed by atoms with Gasteiger partial charge in [-0.2, -0.15) is 4.37 Å². The summed E-state index contributed by atoms with van der Waals surface area (Å²) in [6.45, 7) is 4.01. The molecule has 2 aliphatic rings. The Morgan fingerprint density at radius 1 is 1.07 bits per heavy atom. The molecule has 0 bridgehead atoms. The first-order chi connectivity index (χ1) is 14.7. The van der Waals surface area contributed by atoms with E-state index in [1.165, 1.54) is 5.56 Å². The van der Waals surface area contributed by atoms with Crippen LogP contribution in [0.3, 0.4) is 0 Å². The van der Waals surface area contributed by atoms with Gasteiger partial charge in [0.05, 0.1) is 5.69 Å². The highest BCUT2D eigenvalue weighted by Gasteiger charge is 2.27. The predicted octanol–water partition coefficient (Wildman–Crippen LogP) is 2.47. The van der Waals surface area contributed by atoms with E-state index >= 15 is 0 Å². The summed E-state index contributed by atoms with van der Waals surface area (Å²) in [5.74, 6) is 1.54. The smallest absolute Gasteiger partial charge is 0.267 e. The second-order valence-electron chi connectivity index (χ2n) is 7.27. The fourth-order valence-corrected chi connectivity index (χ4v) is 4.51. The number of carbonyl (C=O) groups excluding carboxylic acids is 1. The van der Waals surface area contributed by atoms with Crippen LogP contribution >= 0.6 is 11.5 Å². The quantitative estimate of drug-likeness (QED) is 0.689. The molecule has 1 saturated heterocycles. The third kappa shape index (κ3) is 3.57. The van der Waals surface area contributed by atoms with Crippen molar-refractivity contribution in [1.82, 2.24) is 19.2 Å². The lowest BCUT2D eigenvalue weighted by Gasteiger charge is -2.34. The number of nitrogen functional groups attached to an aromatic ring is 1. The monoisotopic (exact) mass is 423 g/mol. The van der Waals surface area contributed by atoms with Gasteiger partial charge in [0.2, 0.25) is 6.79 Å². The Morgan fingerprint density at radius 2 is 1.83 bits per heavy atom. The number of anilines is 1. The van der Waals surface area contributed by atoms with Crippen molar-refractivity contribution >= 4 is 23.1 Å². The molecule has 0 aliphatic carbocycles. The van der Waals surface area contributed by atoms with Crippen LogP contribution in [0.1, 0.15) is 15.2 Å². The zero-order valence-corrected chi connectivity index (χ0v) is 17.1. The second-order valence-corrected chi connectivity index (χ2v) is 8.04. The molecule has 2 aliphatic heterocycles. The molecule has 0 unspecified atom stereocenters. The highest BCUT2D eigenvalue weighted by molar-refractivity contribution is 7.09. The summed E-state index contributed by atoms with van der Waals surface area (Å²) < 4.78 is 15.2. The third-order valence-corrected chi connectivity index (χ3v) is 6.23. The Hall–Kier alpha value is -3.17. The molecule has 154 valence electrons. The summed E-state index contributed by atoms with van der Waals surface area (Å²) in [4.78, 5) is 21.7. The van der Waals surface area contributed by atoms with E-state index in [-0.39, 0.29) is 12.7 Å². The molecular formula is C21H21N5O3S. The Labute approximate surface area is 178 Å². The standard InChI is InChI=1S/C21H21N5O3S/c22-18-19(15-3-5-23-6-4-15)24-30-20(18)21(27)26-9-7-25(8-10-26)12-14-1-2-16-17(11-14)29-13-28-16/h1-6,11H,7-10,12-13,22H2. The maximum absolute atomic E-state index is 13.0. The number of piperazine rings is 1. The molecular weight excluding hydrogens is 402 g/mol. The van der Waals surface area contributed by atoms with Gasteiger partial charge in [0.25, 0.3) is 5.91 Å². The summed E-state index contributed by atoms with van der Waals surface area (Å²) in [6, 6.07) is 9.72. The first-order valence-electron chi connectivity index (χ1n) is 9.75. The lowest BCUT2D eigenvalue weighted by molar-refractivity contribution is 0.0634. The van der Waals surface area contributed by atoms with Gasteiger partial charge in [-0.05, 0) is 41.4 Å². The molecule has 0 spiro atoms. The number of nitrogens with two attached hydrogens (primary N) is 1. The fraction of sp³-hybridized carbons (Fsp3) is 0.286. The van der Waals surface area contributed by atoms with E-state index in [0.717, 1.165) is 48.2 Å². The molecule has 1 fully saturated rings. The maximum atomic E-state index is 13.0. The molecule has 30 heavy (non-hydrogen) atoms. The maximum Gasteiger partial charge on any atom is 0.267 e. The zero-order valence-electron chi connectivity index (χ0n) is 16.3. The molecule has 3 aromatic rings. The number of rotatable bonds is 4. The predicted molar refractivity (Wildman–Crippen MR) is 114 cm³/mol. The van der Waals surface area contributed by atoms with Gasteiger partial charge in [0.15, 0.2) is 11.5 Å². The van der Waals surface area contributed by atoms with Crippen molar-refractivity contribution in [3.05, 3.63) is 53.2 Å². The zero-order chi connectivity index (χ0) is 20.5. The SMILES string of the molecule is Nc1c(-c2ccncc2)nsc1C(=O)N1CCN(Cc2ccc3c(c2)OCO3)CC1. The number of fused-ring (bicyclic) bond motifs is 1. The number of ether oxygens (including phenoxy) is 2. The molecule has 0 atom stereocenters. The minimum atomic E-state index is -0.0481. The molecule has 0 radical (unpaired) electrons. The van der Waals surface area contributed by atoms with E-state index in [0.29, 0.717) is 29.3 Å². The number of aromatic nitrogens is 2. The van der Waals surface area contributed by atoms with Crippen molar-refractivity contribution in [3.8, 4) is 22.8 Å². The van der Waals surface area contributed by atoms with Crippen LogP contribution in [-0.2, 0) is 6.54 Å².